The Labute approximate surface area is 158 Å². The number of amides is 1. The van der Waals surface area contributed by atoms with E-state index in [1.807, 2.05) is 24.0 Å². The maximum Gasteiger partial charge on any atom is 0.292 e. The van der Waals surface area contributed by atoms with Crippen LogP contribution >= 0.6 is 0 Å². The Bertz CT molecular complexity index is 769. The molecule has 7 nitrogen and oxygen atoms in total. The maximum absolute atomic E-state index is 12.6. The SMILES string of the molecule is Cc1cc(C(=O)N2CCC3(CC2)OCC[C@@H]3CCOc2cccnc2)on1. The summed E-state index contributed by atoms with van der Waals surface area (Å²) in [7, 11) is 0. The molecule has 4 heterocycles. The smallest absolute Gasteiger partial charge is 0.292 e. The standard InChI is InChI=1S/C20H25N3O4/c1-15-13-18(27-22-15)19(24)23-9-6-20(7-10-23)16(5-12-26-20)4-11-25-17-3-2-8-21-14-17/h2-3,8,13-14,16H,4-7,9-12H2,1H3/t16-/m0/s1. The Hall–Kier alpha value is -2.41. The number of aromatic nitrogens is 2. The molecular formula is C20H25N3O4. The molecule has 2 aliphatic rings. The molecule has 144 valence electrons. The minimum Gasteiger partial charge on any atom is -0.492 e. The lowest BCUT2D eigenvalue weighted by molar-refractivity contribution is -0.0652. The number of hydrogen-bond acceptors (Lipinski definition) is 6. The van der Waals surface area contributed by atoms with Gasteiger partial charge in [-0.15, -0.1) is 0 Å². The van der Waals surface area contributed by atoms with Crippen molar-refractivity contribution in [3.8, 4) is 5.75 Å². The molecule has 2 aromatic rings. The maximum atomic E-state index is 12.6. The van der Waals surface area contributed by atoms with Crippen molar-refractivity contribution in [3.63, 3.8) is 0 Å². The Kier molecular flexibility index (Phi) is 5.11. The van der Waals surface area contributed by atoms with Crippen molar-refractivity contribution in [2.45, 2.75) is 38.2 Å². The second-order valence-electron chi connectivity index (χ2n) is 7.35. The van der Waals surface area contributed by atoms with E-state index in [4.69, 9.17) is 14.0 Å². The first-order valence-electron chi connectivity index (χ1n) is 9.56. The number of ether oxygens (including phenoxy) is 2. The van der Waals surface area contributed by atoms with Crippen LogP contribution in [0.3, 0.4) is 0 Å². The van der Waals surface area contributed by atoms with Crippen LogP contribution in [0.5, 0.6) is 5.75 Å². The zero-order valence-electron chi connectivity index (χ0n) is 15.6. The van der Waals surface area contributed by atoms with E-state index >= 15 is 0 Å². The lowest BCUT2D eigenvalue weighted by atomic mass is 9.78. The fourth-order valence-electron chi connectivity index (χ4n) is 4.21. The van der Waals surface area contributed by atoms with Crippen molar-refractivity contribution >= 4 is 5.91 Å². The number of aryl methyl sites for hydroxylation is 1. The van der Waals surface area contributed by atoms with Crippen LogP contribution in [0.4, 0.5) is 0 Å². The van der Waals surface area contributed by atoms with Crippen LogP contribution in [0.15, 0.2) is 35.1 Å². The second-order valence-corrected chi connectivity index (χ2v) is 7.35. The van der Waals surface area contributed by atoms with Gasteiger partial charge in [-0.05, 0) is 50.7 Å². The van der Waals surface area contributed by atoms with Crippen LogP contribution in [-0.2, 0) is 4.74 Å². The third-order valence-electron chi connectivity index (χ3n) is 5.71. The van der Waals surface area contributed by atoms with Crippen molar-refractivity contribution in [1.29, 1.82) is 0 Å². The summed E-state index contributed by atoms with van der Waals surface area (Å²) in [6.45, 7) is 4.61. The van der Waals surface area contributed by atoms with Gasteiger partial charge in [0.2, 0.25) is 5.76 Å². The summed E-state index contributed by atoms with van der Waals surface area (Å²) < 4.78 is 17.1. The van der Waals surface area contributed by atoms with E-state index in [1.54, 1.807) is 18.5 Å². The van der Waals surface area contributed by atoms with Gasteiger partial charge in [0, 0.05) is 32.0 Å². The highest BCUT2D eigenvalue weighted by Crippen LogP contribution is 2.42. The van der Waals surface area contributed by atoms with Crippen molar-refractivity contribution in [3.05, 3.63) is 42.0 Å². The van der Waals surface area contributed by atoms with E-state index in [9.17, 15) is 4.79 Å². The van der Waals surface area contributed by atoms with Crippen LogP contribution in [-0.4, -0.2) is 52.9 Å². The number of carbonyl (C=O) groups excluding carboxylic acids is 1. The number of likely N-dealkylation sites (tertiary alicyclic amines) is 1. The molecule has 7 heteroatoms. The molecule has 1 spiro atoms. The largest absolute Gasteiger partial charge is 0.492 e. The quantitative estimate of drug-likeness (QED) is 0.804. The van der Waals surface area contributed by atoms with Gasteiger partial charge < -0.3 is 18.9 Å². The van der Waals surface area contributed by atoms with E-state index in [2.05, 4.69) is 10.1 Å². The highest BCUT2D eigenvalue weighted by Gasteiger charge is 2.46. The Morgan fingerprint density at radius 1 is 1.41 bits per heavy atom. The van der Waals surface area contributed by atoms with Gasteiger partial charge in [-0.25, -0.2) is 0 Å². The molecule has 1 atom stereocenters. The zero-order valence-corrected chi connectivity index (χ0v) is 15.6. The van der Waals surface area contributed by atoms with Crippen LogP contribution in [0.25, 0.3) is 0 Å². The van der Waals surface area contributed by atoms with E-state index < -0.39 is 0 Å². The fourth-order valence-corrected chi connectivity index (χ4v) is 4.21. The molecule has 2 fully saturated rings. The molecule has 27 heavy (non-hydrogen) atoms. The Morgan fingerprint density at radius 2 is 2.26 bits per heavy atom. The van der Waals surface area contributed by atoms with E-state index in [1.165, 1.54) is 0 Å². The third kappa shape index (κ3) is 3.83. The number of carbonyl (C=O) groups is 1. The summed E-state index contributed by atoms with van der Waals surface area (Å²) in [5, 5.41) is 3.81. The van der Waals surface area contributed by atoms with Gasteiger partial charge in [0.05, 0.1) is 24.1 Å². The van der Waals surface area contributed by atoms with Crippen molar-refractivity contribution < 1.29 is 18.8 Å². The van der Waals surface area contributed by atoms with Crippen molar-refractivity contribution in [2.24, 2.45) is 5.92 Å². The summed E-state index contributed by atoms with van der Waals surface area (Å²) in [6.07, 6.45) is 7.17. The van der Waals surface area contributed by atoms with Crippen LogP contribution in [0.1, 0.15) is 41.9 Å². The van der Waals surface area contributed by atoms with Crippen LogP contribution in [0.2, 0.25) is 0 Å². The van der Waals surface area contributed by atoms with E-state index in [0.29, 0.717) is 31.4 Å². The summed E-state index contributed by atoms with van der Waals surface area (Å²) in [5.41, 5.74) is 0.589. The average Bonchev–Trinajstić information content (AvgIpc) is 3.30. The molecule has 0 aliphatic carbocycles. The third-order valence-corrected chi connectivity index (χ3v) is 5.71. The monoisotopic (exact) mass is 371 g/mol. The molecule has 2 saturated heterocycles. The van der Waals surface area contributed by atoms with Crippen LogP contribution < -0.4 is 4.74 Å². The molecule has 0 unspecified atom stereocenters. The molecule has 2 aliphatic heterocycles. The van der Waals surface area contributed by atoms with Gasteiger partial charge >= 0.3 is 0 Å². The van der Waals surface area contributed by atoms with Crippen LogP contribution in [0, 0.1) is 12.8 Å². The van der Waals surface area contributed by atoms with Gasteiger partial charge in [0.15, 0.2) is 0 Å². The predicted octanol–water partition coefficient (Wildman–Crippen LogP) is 2.86. The van der Waals surface area contributed by atoms with E-state index in [0.717, 1.165) is 43.7 Å². The number of nitrogens with zero attached hydrogens (tertiary/aromatic N) is 3. The lowest BCUT2D eigenvalue weighted by Crippen LogP contribution is -2.49. The molecule has 0 saturated carbocycles. The molecule has 0 aromatic carbocycles. The van der Waals surface area contributed by atoms with Crippen molar-refractivity contribution in [1.82, 2.24) is 15.0 Å². The van der Waals surface area contributed by atoms with Gasteiger partial charge in [-0.3, -0.25) is 9.78 Å². The molecule has 1 amide bonds. The minimum atomic E-state index is -0.133. The lowest BCUT2D eigenvalue weighted by Gasteiger charge is -2.42. The van der Waals surface area contributed by atoms with Gasteiger partial charge in [0.1, 0.15) is 5.75 Å². The van der Waals surface area contributed by atoms with Gasteiger partial charge in [-0.2, -0.15) is 0 Å². The summed E-state index contributed by atoms with van der Waals surface area (Å²) in [4.78, 5) is 18.5. The normalized spacial score (nSPS) is 21.5. The van der Waals surface area contributed by atoms with Gasteiger partial charge in [0.25, 0.3) is 5.91 Å². The van der Waals surface area contributed by atoms with Gasteiger partial charge in [-0.1, -0.05) is 5.16 Å². The first kappa shape index (κ1) is 18.0. The zero-order chi connectivity index (χ0) is 18.7. The topological polar surface area (TPSA) is 77.7 Å². The number of piperidine rings is 1. The molecule has 0 radical (unpaired) electrons. The average molecular weight is 371 g/mol. The molecule has 0 N–H and O–H groups in total. The second kappa shape index (κ2) is 7.68. The molecule has 4 rings (SSSR count). The minimum absolute atomic E-state index is 0.0834. The highest BCUT2D eigenvalue weighted by molar-refractivity contribution is 5.91. The summed E-state index contributed by atoms with van der Waals surface area (Å²) in [6, 6.07) is 5.48. The number of rotatable bonds is 5. The van der Waals surface area contributed by atoms with E-state index in [-0.39, 0.29) is 11.5 Å². The summed E-state index contributed by atoms with van der Waals surface area (Å²) >= 11 is 0. The molecule has 0 bridgehead atoms. The Morgan fingerprint density at radius 3 is 2.96 bits per heavy atom. The van der Waals surface area contributed by atoms with Crippen molar-refractivity contribution in [2.75, 3.05) is 26.3 Å². The number of pyridine rings is 1. The first-order chi connectivity index (χ1) is 13.2. The Balaban J connectivity index is 1.31. The highest BCUT2D eigenvalue weighted by atomic mass is 16.5. The predicted molar refractivity (Wildman–Crippen MR) is 97.5 cm³/mol. The number of hydrogen-bond donors (Lipinski definition) is 0. The fraction of sp³-hybridized carbons (Fsp3) is 0.550. The molecule has 2 aromatic heterocycles. The summed E-state index contributed by atoms with van der Waals surface area (Å²) in [5.74, 6) is 1.49. The molecular weight excluding hydrogens is 346 g/mol. The first-order valence-corrected chi connectivity index (χ1v) is 9.56.